The highest BCUT2D eigenvalue weighted by Gasteiger charge is 2.25. The Morgan fingerprint density at radius 3 is 2.70 bits per heavy atom. The molecule has 0 spiro atoms. The SMILES string of the molecule is Cc1[nH]c(SC(C)C(=O)N2CCCC2)nc1Cc1ccccc1. The van der Waals surface area contributed by atoms with Crippen LogP contribution in [0.3, 0.4) is 0 Å². The van der Waals surface area contributed by atoms with Crippen molar-refractivity contribution in [2.24, 2.45) is 0 Å². The van der Waals surface area contributed by atoms with E-state index in [1.807, 2.05) is 36.9 Å². The number of nitrogens with one attached hydrogen (secondary N) is 1. The van der Waals surface area contributed by atoms with Crippen LogP contribution in [-0.2, 0) is 11.2 Å². The third-order valence-electron chi connectivity index (χ3n) is 4.23. The summed E-state index contributed by atoms with van der Waals surface area (Å²) in [6.07, 6.45) is 3.08. The van der Waals surface area contributed by atoms with Gasteiger partial charge >= 0.3 is 0 Å². The van der Waals surface area contributed by atoms with Crippen molar-refractivity contribution in [3.8, 4) is 0 Å². The van der Waals surface area contributed by atoms with Gasteiger partial charge in [-0.15, -0.1) is 0 Å². The number of aromatic nitrogens is 2. The molecule has 1 unspecified atom stereocenters. The van der Waals surface area contributed by atoms with Crippen molar-refractivity contribution in [2.45, 2.75) is 43.5 Å². The van der Waals surface area contributed by atoms with Crippen molar-refractivity contribution < 1.29 is 4.79 Å². The topological polar surface area (TPSA) is 49.0 Å². The second kappa shape index (κ2) is 7.21. The molecule has 4 nitrogen and oxygen atoms in total. The molecule has 0 aliphatic carbocycles. The van der Waals surface area contributed by atoms with Gasteiger partial charge in [-0.3, -0.25) is 4.79 Å². The minimum Gasteiger partial charge on any atom is -0.342 e. The van der Waals surface area contributed by atoms with E-state index in [2.05, 4.69) is 17.1 Å². The van der Waals surface area contributed by atoms with Crippen molar-refractivity contribution in [2.75, 3.05) is 13.1 Å². The van der Waals surface area contributed by atoms with E-state index in [1.54, 1.807) is 0 Å². The van der Waals surface area contributed by atoms with Crippen molar-refractivity contribution in [1.29, 1.82) is 0 Å². The van der Waals surface area contributed by atoms with E-state index in [1.165, 1.54) is 17.3 Å². The normalized spacial score (nSPS) is 15.8. The molecular formula is C18H23N3OS. The summed E-state index contributed by atoms with van der Waals surface area (Å²) in [6.45, 7) is 5.82. The van der Waals surface area contributed by atoms with E-state index in [0.717, 1.165) is 48.9 Å². The number of imidazole rings is 1. The molecule has 1 saturated heterocycles. The van der Waals surface area contributed by atoms with Gasteiger partial charge < -0.3 is 9.88 Å². The molecule has 1 amide bonds. The number of carbonyl (C=O) groups is 1. The maximum absolute atomic E-state index is 12.4. The first-order chi connectivity index (χ1) is 11.1. The van der Waals surface area contributed by atoms with Crippen molar-refractivity contribution in [3.05, 3.63) is 47.3 Å². The van der Waals surface area contributed by atoms with Crippen LogP contribution >= 0.6 is 11.8 Å². The maximum atomic E-state index is 12.4. The molecule has 1 aromatic heterocycles. The van der Waals surface area contributed by atoms with Crippen LogP contribution in [0, 0.1) is 6.92 Å². The van der Waals surface area contributed by atoms with Gasteiger partial charge in [0, 0.05) is 25.2 Å². The molecule has 1 fully saturated rings. The molecule has 23 heavy (non-hydrogen) atoms. The zero-order valence-corrected chi connectivity index (χ0v) is 14.5. The first-order valence-corrected chi connectivity index (χ1v) is 9.06. The number of H-pyrrole nitrogens is 1. The highest BCUT2D eigenvalue weighted by atomic mass is 32.2. The summed E-state index contributed by atoms with van der Waals surface area (Å²) in [7, 11) is 0. The third-order valence-corrected chi connectivity index (χ3v) is 5.20. The Balaban J connectivity index is 1.64. The summed E-state index contributed by atoms with van der Waals surface area (Å²) in [5, 5.41) is 0.747. The Kier molecular flexibility index (Phi) is 5.06. The minimum absolute atomic E-state index is 0.0942. The lowest BCUT2D eigenvalue weighted by Crippen LogP contribution is -2.34. The summed E-state index contributed by atoms with van der Waals surface area (Å²) < 4.78 is 0. The molecule has 1 N–H and O–H groups in total. The van der Waals surface area contributed by atoms with Gasteiger partial charge in [0.1, 0.15) is 0 Å². The molecule has 5 heteroatoms. The van der Waals surface area contributed by atoms with Gasteiger partial charge in [-0.2, -0.15) is 0 Å². The number of hydrogen-bond donors (Lipinski definition) is 1. The van der Waals surface area contributed by atoms with E-state index in [0.29, 0.717) is 0 Å². The van der Waals surface area contributed by atoms with Crippen LogP contribution in [0.15, 0.2) is 35.5 Å². The zero-order valence-electron chi connectivity index (χ0n) is 13.7. The van der Waals surface area contributed by atoms with Crippen molar-refractivity contribution in [3.63, 3.8) is 0 Å². The molecule has 122 valence electrons. The second-order valence-electron chi connectivity index (χ2n) is 6.07. The molecule has 1 aliphatic heterocycles. The first-order valence-electron chi connectivity index (χ1n) is 8.18. The molecule has 2 aromatic rings. The number of benzene rings is 1. The summed E-state index contributed by atoms with van der Waals surface area (Å²) in [6, 6.07) is 10.3. The van der Waals surface area contributed by atoms with Gasteiger partial charge in [-0.25, -0.2) is 4.98 Å². The molecular weight excluding hydrogens is 306 g/mol. The molecule has 0 bridgehead atoms. The van der Waals surface area contributed by atoms with Gasteiger partial charge in [0.2, 0.25) is 5.91 Å². The Bertz CT molecular complexity index is 662. The average Bonchev–Trinajstić information content (AvgIpc) is 3.18. The fraction of sp³-hybridized carbons (Fsp3) is 0.444. The van der Waals surface area contributed by atoms with E-state index in [9.17, 15) is 4.79 Å². The summed E-state index contributed by atoms with van der Waals surface area (Å²) >= 11 is 1.53. The smallest absolute Gasteiger partial charge is 0.235 e. The van der Waals surface area contributed by atoms with Crippen LogP contribution in [0.25, 0.3) is 0 Å². The number of aryl methyl sites for hydroxylation is 1. The highest BCUT2D eigenvalue weighted by molar-refractivity contribution is 8.00. The molecule has 0 saturated carbocycles. The lowest BCUT2D eigenvalue weighted by Gasteiger charge is -2.19. The number of nitrogens with zero attached hydrogens (tertiary/aromatic N) is 2. The highest BCUT2D eigenvalue weighted by Crippen LogP contribution is 2.25. The number of likely N-dealkylation sites (tertiary alicyclic amines) is 1. The molecule has 3 rings (SSSR count). The molecule has 1 aliphatic rings. The van der Waals surface area contributed by atoms with Gasteiger partial charge in [0.05, 0.1) is 10.9 Å². The van der Waals surface area contributed by atoms with Crippen molar-refractivity contribution >= 4 is 17.7 Å². The largest absolute Gasteiger partial charge is 0.342 e. The predicted octanol–water partition coefficient (Wildman–Crippen LogP) is 3.41. The van der Waals surface area contributed by atoms with Crippen LogP contribution < -0.4 is 0 Å². The van der Waals surface area contributed by atoms with Crippen LogP contribution in [0.2, 0.25) is 0 Å². The van der Waals surface area contributed by atoms with Crippen molar-refractivity contribution in [1.82, 2.24) is 14.9 Å². The Morgan fingerprint density at radius 1 is 1.30 bits per heavy atom. The lowest BCUT2D eigenvalue weighted by molar-refractivity contribution is -0.129. The second-order valence-corrected chi connectivity index (χ2v) is 7.40. The number of thioether (sulfide) groups is 1. The average molecular weight is 329 g/mol. The van der Waals surface area contributed by atoms with E-state index in [-0.39, 0.29) is 11.2 Å². The molecule has 1 aromatic carbocycles. The molecule has 1 atom stereocenters. The number of aromatic amines is 1. The minimum atomic E-state index is -0.0942. The van der Waals surface area contributed by atoms with Gasteiger partial charge in [0.25, 0.3) is 0 Å². The van der Waals surface area contributed by atoms with E-state index in [4.69, 9.17) is 4.98 Å². The standard InChI is InChI=1S/C18H23N3OS/c1-13-16(12-15-8-4-3-5-9-15)20-18(19-13)23-14(2)17(22)21-10-6-7-11-21/h3-5,8-9,14H,6-7,10-12H2,1-2H3,(H,19,20). The number of amides is 1. The third kappa shape index (κ3) is 3.96. The Hall–Kier alpha value is -1.75. The Morgan fingerprint density at radius 2 is 2.00 bits per heavy atom. The van der Waals surface area contributed by atoms with Crippen LogP contribution in [0.4, 0.5) is 0 Å². The number of carbonyl (C=O) groups excluding carboxylic acids is 1. The summed E-state index contributed by atoms with van der Waals surface area (Å²) in [5.41, 5.74) is 3.39. The fourth-order valence-electron chi connectivity index (χ4n) is 2.90. The van der Waals surface area contributed by atoms with Crippen LogP contribution in [0.5, 0.6) is 0 Å². The number of rotatable bonds is 5. The van der Waals surface area contributed by atoms with Gasteiger partial charge in [0.15, 0.2) is 5.16 Å². The van der Waals surface area contributed by atoms with Gasteiger partial charge in [-0.1, -0.05) is 42.1 Å². The summed E-state index contributed by atoms with van der Waals surface area (Å²) in [4.78, 5) is 22.4. The van der Waals surface area contributed by atoms with Crippen LogP contribution in [-0.4, -0.2) is 39.1 Å². The monoisotopic (exact) mass is 329 g/mol. The zero-order chi connectivity index (χ0) is 16.2. The number of hydrogen-bond acceptors (Lipinski definition) is 3. The van der Waals surface area contributed by atoms with Crippen LogP contribution in [0.1, 0.15) is 36.7 Å². The molecule has 0 radical (unpaired) electrons. The maximum Gasteiger partial charge on any atom is 0.235 e. The fourth-order valence-corrected chi connectivity index (χ4v) is 3.86. The van der Waals surface area contributed by atoms with Gasteiger partial charge in [-0.05, 0) is 32.3 Å². The first kappa shape index (κ1) is 16.1. The predicted molar refractivity (Wildman–Crippen MR) is 93.7 cm³/mol. The Labute approximate surface area is 141 Å². The summed E-state index contributed by atoms with van der Waals surface area (Å²) in [5.74, 6) is 0.228. The molecule has 2 heterocycles. The van der Waals surface area contributed by atoms with E-state index >= 15 is 0 Å². The van der Waals surface area contributed by atoms with E-state index < -0.39 is 0 Å². The quantitative estimate of drug-likeness (QED) is 0.855. The lowest BCUT2D eigenvalue weighted by atomic mass is 10.1.